The van der Waals surface area contributed by atoms with Crippen LogP contribution in [-0.4, -0.2) is 35.6 Å². The van der Waals surface area contributed by atoms with Crippen LogP contribution in [0.2, 0.25) is 0 Å². The first-order chi connectivity index (χ1) is 9.88. The van der Waals surface area contributed by atoms with Gasteiger partial charge in [-0.15, -0.1) is 35.3 Å². The molecule has 5 nitrogen and oxygen atoms in total. The minimum atomic E-state index is 0. The van der Waals surface area contributed by atoms with E-state index in [-0.39, 0.29) is 24.0 Å². The molecule has 116 valence electrons. The van der Waals surface area contributed by atoms with Crippen molar-refractivity contribution in [3.63, 3.8) is 0 Å². The number of nitrogens with one attached hydrogen (secondary N) is 2. The van der Waals surface area contributed by atoms with Crippen molar-refractivity contribution in [2.75, 3.05) is 20.1 Å². The van der Waals surface area contributed by atoms with Crippen molar-refractivity contribution in [2.45, 2.75) is 19.4 Å². The summed E-state index contributed by atoms with van der Waals surface area (Å²) in [7, 11) is 1.80. The van der Waals surface area contributed by atoms with Gasteiger partial charge in [0.1, 0.15) is 0 Å². The molecule has 2 aromatic heterocycles. The van der Waals surface area contributed by atoms with Gasteiger partial charge in [-0.1, -0.05) is 6.07 Å². The number of rotatable bonds is 7. The van der Waals surface area contributed by atoms with Crippen LogP contribution >= 0.6 is 35.3 Å². The van der Waals surface area contributed by atoms with E-state index >= 15 is 0 Å². The van der Waals surface area contributed by atoms with E-state index in [1.807, 2.05) is 12.5 Å². The number of imidazole rings is 1. The Morgan fingerprint density at radius 1 is 1.38 bits per heavy atom. The largest absolute Gasteiger partial charge is 0.356 e. The number of nitrogens with zero attached hydrogens (tertiary/aromatic N) is 3. The first-order valence-corrected chi connectivity index (χ1v) is 7.69. The van der Waals surface area contributed by atoms with E-state index in [1.165, 1.54) is 4.88 Å². The van der Waals surface area contributed by atoms with Gasteiger partial charge in [0.25, 0.3) is 0 Å². The molecule has 0 unspecified atom stereocenters. The lowest BCUT2D eigenvalue weighted by Gasteiger charge is -2.11. The van der Waals surface area contributed by atoms with Crippen LogP contribution < -0.4 is 10.6 Å². The van der Waals surface area contributed by atoms with Gasteiger partial charge in [0.15, 0.2) is 5.96 Å². The van der Waals surface area contributed by atoms with Crippen molar-refractivity contribution in [3.8, 4) is 0 Å². The van der Waals surface area contributed by atoms with Gasteiger partial charge in [0, 0.05) is 44.0 Å². The van der Waals surface area contributed by atoms with Gasteiger partial charge in [-0.25, -0.2) is 4.98 Å². The van der Waals surface area contributed by atoms with Crippen LogP contribution in [0.15, 0.2) is 41.2 Å². The summed E-state index contributed by atoms with van der Waals surface area (Å²) >= 11 is 1.79. The molecule has 2 rings (SSSR count). The third kappa shape index (κ3) is 6.94. The Morgan fingerprint density at radius 2 is 2.24 bits per heavy atom. The summed E-state index contributed by atoms with van der Waals surface area (Å²) in [5.41, 5.74) is 0. The van der Waals surface area contributed by atoms with Gasteiger partial charge in [0.2, 0.25) is 0 Å². The van der Waals surface area contributed by atoms with Gasteiger partial charge in [-0.3, -0.25) is 4.99 Å². The second-order valence-electron chi connectivity index (χ2n) is 4.41. The van der Waals surface area contributed by atoms with Crippen LogP contribution in [-0.2, 0) is 13.0 Å². The average Bonchev–Trinajstić information content (AvgIpc) is 3.14. The van der Waals surface area contributed by atoms with E-state index in [2.05, 4.69) is 42.7 Å². The predicted octanol–water partition coefficient (Wildman–Crippen LogP) is 2.36. The number of aryl methyl sites for hydroxylation is 1. The van der Waals surface area contributed by atoms with Crippen LogP contribution in [0.5, 0.6) is 0 Å². The fraction of sp³-hybridized carbons (Fsp3) is 0.429. The van der Waals surface area contributed by atoms with Crippen molar-refractivity contribution >= 4 is 41.3 Å². The van der Waals surface area contributed by atoms with Gasteiger partial charge in [-0.2, -0.15) is 0 Å². The van der Waals surface area contributed by atoms with Crippen LogP contribution in [0.25, 0.3) is 0 Å². The summed E-state index contributed by atoms with van der Waals surface area (Å²) < 4.78 is 2.08. The summed E-state index contributed by atoms with van der Waals surface area (Å²) in [6, 6.07) is 4.25. The minimum absolute atomic E-state index is 0. The highest BCUT2D eigenvalue weighted by Crippen LogP contribution is 2.07. The standard InChI is InChI=1S/C14H21N5S.HI/c1-15-14(18-7-5-13-4-2-11-20-13)17-6-3-9-19-10-8-16-12-19;/h2,4,8,10-12H,3,5-7,9H2,1H3,(H2,15,17,18);1H. The smallest absolute Gasteiger partial charge is 0.190 e. The summed E-state index contributed by atoms with van der Waals surface area (Å²) in [6.07, 6.45) is 7.70. The number of hydrogen-bond donors (Lipinski definition) is 2. The molecule has 0 bridgehead atoms. The van der Waals surface area contributed by atoms with Gasteiger partial charge in [-0.05, 0) is 24.3 Å². The predicted molar refractivity (Wildman–Crippen MR) is 99.6 cm³/mol. The first kappa shape index (κ1) is 18.0. The van der Waals surface area contributed by atoms with E-state index in [4.69, 9.17) is 0 Å². The zero-order valence-corrected chi connectivity index (χ0v) is 15.3. The molecule has 2 heterocycles. The molecule has 7 heteroatoms. The summed E-state index contributed by atoms with van der Waals surface area (Å²) in [4.78, 5) is 9.64. The summed E-state index contributed by atoms with van der Waals surface area (Å²) in [6.45, 7) is 2.78. The molecule has 0 atom stereocenters. The molecule has 0 aliphatic rings. The summed E-state index contributed by atoms with van der Waals surface area (Å²) in [5.74, 6) is 0.868. The lowest BCUT2D eigenvalue weighted by atomic mass is 10.3. The molecule has 0 saturated carbocycles. The van der Waals surface area contributed by atoms with Crippen molar-refractivity contribution in [3.05, 3.63) is 41.1 Å². The van der Waals surface area contributed by atoms with E-state index in [0.29, 0.717) is 0 Å². The second kappa shape index (κ2) is 10.6. The highest BCUT2D eigenvalue weighted by molar-refractivity contribution is 14.0. The highest BCUT2D eigenvalue weighted by atomic mass is 127. The zero-order valence-electron chi connectivity index (χ0n) is 12.2. The van der Waals surface area contributed by atoms with Crippen LogP contribution in [0.3, 0.4) is 0 Å². The monoisotopic (exact) mass is 419 g/mol. The number of thiophene rings is 1. The number of aliphatic imine (C=N–C) groups is 1. The Labute approximate surface area is 146 Å². The Hall–Kier alpha value is -1.09. The first-order valence-electron chi connectivity index (χ1n) is 6.81. The molecule has 0 radical (unpaired) electrons. The molecular formula is C14H22IN5S. The fourth-order valence-electron chi connectivity index (χ4n) is 1.87. The fourth-order valence-corrected chi connectivity index (χ4v) is 2.58. The number of guanidine groups is 1. The highest BCUT2D eigenvalue weighted by Gasteiger charge is 1.98. The number of aromatic nitrogens is 2. The van der Waals surface area contributed by atoms with Crippen molar-refractivity contribution in [2.24, 2.45) is 4.99 Å². The van der Waals surface area contributed by atoms with Gasteiger partial charge in [0.05, 0.1) is 6.33 Å². The molecule has 0 aliphatic heterocycles. The Bertz CT molecular complexity index is 495. The van der Waals surface area contributed by atoms with Crippen molar-refractivity contribution < 1.29 is 0 Å². The number of halogens is 1. The van der Waals surface area contributed by atoms with E-state index in [0.717, 1.165) is 38.4 Å². The Kier molecular flexibility index (Phi) is 9.07. The molecule has 0 amide bonds. The third-order valence-corrected chi connectivity index (χ3v) is 3.85. The third-order valence-electron chi connectivity index (χ3n) is 2.91. The Balaban J connectivity index is 0.00000220. The molecular weight excluding hydrogens is 397 g/mol. The zero-order chi connectivity index (χ0) is 14.0. The molecule has 0 fully saturated rings. The lowest BCUT2D eigenvalue weighted by molar-refractivity contribution is 0.624. The SMILES string of the molecule is CN=C(NCCCn1ccnc1)NCCc1cccs1.I. The van der Waals surface area contributed by atoms with Crippen LogP contribution in [0.1, 0.15) is 11.3 Å². The molecule has 0 spiro atoms. The van der Waals surface area contributed by atoms with Gasteiger partial charge >= 0.3 is 0 Å². The topological polar surface area (TPSA) is 54.2 Å². The normalized spacial score (nSPS) is 11.0. The maximum Gasteiger partial charge on any atom is 0.190 e. The maximum absolute atomic E-state index is 4.22. The minimum Gasteiger partial charge on any atom is -0.356 e. The van der Waals surface area contributed by atoms with Gasteiger partial charge < -0.3 is 15.2 Å². The molecule has 2 N–H and O–H groups in total. The number of hydrogen-bond acceptors (Lipinski definition) is 3. The molecule has 0 saturated heterocycles. The molecule has 0 aromatic carbocycles. The molecule has 21 heavy (non-hydrogen) atoms. The molecule has 2 aromatic rings. The lowest BCUT2D eigenvalue weighted by Crippen LogP contribution is -2.38. The van der Waals surface area contributed by atoms with E-state index in [1.54, 1.807) is 24.6 Å². The van der Waals surface area contributed by atoms with Crippen molar-refractivity contribution in [1.29, 1.82) is 0 Å². The summed E-state index contributed by atoms with van der Waals surface area (Å²) in [5, 5.41) is 8.76. The Morgan fingerprint density at radius 3 is 2.90 bits per heavy atom. The molecule has 0 aliphatic carbocycles. The second-order valence-corrected chi connectivity index (χ2v) is 5.44. The van der Waals surface area contributed by atoms with Crippen molar-refractivity contribution in [1.82, 2.24) is 20.2 Å². The quantitative estimate of drug-likeness (QED) is 0.314. The van der Waals surface area contributed by atoms with E-state index < -0.39 is 0 Å². The van der Waals surface area contributed by atoms with Crippen LogP contribution in [0.4, 0.5) is 0 Å². The van der Waals surface area contributed by atoms with Crippen LogP contribution in [0, 0.1) is 0 Å². The van der Waals surface area contributed by atoms with E-state index in [9.17, 15) is 0 Å². The maximum atomic E-state index is 4.22. The average molecular weight is 419 g/mol.